The zero-order chi connectivity index (χ0) is 8.84. The molecule has 0 radical (unpaired) electrons. The van der Waals surface area contributed by atoms with Crippen molar-refractivity contribution in [3.05, 3.63) is 0 Å². The van der Waals surface area contributed by atoms with Crippen molar-refractivity contribution in [1.29, 1.82) is 0 Å². The van der Waals surface area contributed by atoms with Gasteiger partial charge in [-0.1, -0.05) is 12.8 Å². The van der Waals surface area contributed by atoms with Crippen LogP contribution in [0.5, 0.6) is 0 Å². The van der Waals surface area contributed by atoms with Crippen molar-refractivity contribution in [1.82, 2.24) is 4.90 Å². The van der Waals surface area contributed by atoms with Crippen molar-refractivity contribution in [3.63, 3.8) is 0 Å². The number of rotatable bonds is 1. The summed E-state index contributed by atoms with van der Waals surface area (Å²) in [7, 11) is 0. The van der Waals surface area contributed by atoms with Crippen LogP contribution in [0, 0.1) is 17.8 Å². The normalized spacial score (nSPS) is 38.0. The highest BCUT2D eigenvalue weighted by molar-refractivity contribution is 5.79. The molecule has 3 rings (SSSR count). The van der Waals surface area contributed by atoms with Gasteiger partial charge in [-0.15, -0.1) is 0 Å². The molecule has 0 aromatic carbocycles. The van der Waals surface area contributed by atoms with E-state index in [9.17, 15) is 4.79 Å². The minimum atomic E-state index is 0.400. The standard InChI is InChI=1S/C11H17NO/c13-11(8-3-1-2-4-8)12-6-9-5-10(9)7-12/h8-10H,1-7H2. The largest absolute Gasteiger partial charge is 0.342 e. The second kappa shape index (κ2) is 2.73. The number of nitrogens with zero attached hydrogens (tertiary/aromatic N) is 1. The van der Waals surface area contributed by atoms with Gasteiger partial charge >= 0.3 is 0 Å². The Morgan fingerprint density at radius 3 is 2.31 bits per heavy atom. The summed E-state index contributed by atoms with van der Waals surface area (Å²) in [5.41, 5.74) is 0. The lowest BCUT2D eigenvalue weighted by Gasteiger charge is -2.21. The number of carbonyl (C=O) groups excluding carboxylic acids is 1. The number of piperidine rings is 1. The lowest BCUT2D eigenvalue weighted by Crippen LogP contribution is -2.34. The van der Waals surface area contributed by atoms with E-state index in [2.05, 4.69) is 4.90 Å². The molecular weight excluding hydrogens is 162 g/mol. The van der Waals surface area contributed by atoms with Crippen molar-refractivity contribution in [2.75, 3.05) is 13.1 Å². The number of hydrogen-bond donors (Lipinski definition) is 0. The van der Waals surface area contributed by atoms with Crippen LogP contribution in [0.3, 0.4) is 0 Å². The van der Waals surface area contributed by atoms with Crippen LogP contribution in [-0.2, 0) is 4.79 Å². The molecule has 1 saturated heterocycles. The molecule has 1 aliphatic heterocycles. The van der Waals surface area contributed by atoms with Crippen LogP contribution < -0.4 is 0 Å². The average molecular weight is 179 g/mol. The second-order valence-corrected chi connectivity index (χ2v) is 4.98. The summed E-state index contributed by atoms with van der Waals surface area (Å²) in [5, 5.41) is 0. The molecule has 2 heteroatoms. The molecule has 0 bridgehead atoms. The zero-order valence-electron chi connectivity index (χ0n) is 8.04. The smallest absolute Gasteiger partial charge is 0.225 e. The molecule has 0 N–H and O–H groups in total. The molecule has 2 unspecified atom stereocenters. The summed E-state index contributed by atoms with van der Waals surface area (Å²) in [6, 6.07) is 0. The molecule has 1 heterocycles. The Morgan fingerprint density at radius 1 is 1.08 bits per heavy atom. The Labute approximate surface area is 79.3 Å². The highest BCUT2D eigenvalue weighted by atomic mass is 16.2. The van der Waals surface area contributed by atoms with Gasteiger partial charge in [0.1, 0.15) is 0 Å². The molecule has 1 amide bonds. The van der Waals surface area contributed by atoms with E-state index in [1.165, 1.54) is 19.3 Å². The number of hydrogen-bond acceptors (Lipinski definition) is 1. The van der Waals surface area contributed by atoms with E-state index in [0.717, 1.165) is 37.8 Å². The third kappa shape index (κ3) is 1.27. The molecule has 2 atom stereocenters. The van der Waals surface area contributed by atoms with Crippen molar-refractivity contribution < 1.29 is 4.79 Å². The maximum Gasteiger partial charge on any atom is 0.225 e. The van der Waals surface area contributed by atoms with Crippen LogP contribution in [0.25, 0.3) is 0 Å². The summed E-state index contributed by atoms with van der Waals surface area (Å²) in [4.78, 5) is 14.1. The Hall–Kier alpha value is -0.530. The second-order valence-electron chi connectivity index (χ2n) is 4.98. The number of carbonyl (C=O) groups is 1. The molecule has 0 aromatic heterocycles. The monoisotopic (exact) mass is 179 g/mol. The van der Waals surface area contributed by atoms with E-state index in [1.807, 2.05) is 0 Å². The molecule has 0 aromatic rings. The molecule has 0 spiro atoms. The molecule has 3 fully saturated rings. The summed E-state index contributed by atoms with van der Waals surface area (Å²) in [6.45, 7) is 2.17. The topological polar surface area (TPSA) is 20.3 Å². The van der Waals surface area contributed by atoms with Crippen LogP contribution in [0.15, 0.2) is 0 Å². The molecule has 2 aliphatic carbocycles. The molecular formula is C11H17NO. The Kier molecular flexibility index (Phi) is 1.64. The molecule has 3 aliphatic rings. The van der Waals surface area contributed by atoms with Crippen molar-refractivity contribution in [2.24, 2.45) is 17.8 Å². The van der Waals surface area contributed by atoms with Gasteiger partial charge < -0.3 is 4.90 Å². The minimum Gasteiger partial charge on any atom is -0.342 e. The quantitative estimate of drug-likeness (QED) is 0.599. The van der Waals surface area contributed by atoms with Crippen LogP contribution >= 0.6 is 0 Å². The third-order valence-corrected chi connectivity index (χ3v) is 3.99. The van der Waals surface area contributed by atoms with Crippen LogP contribution in [-0.4, -0.2) is 23.9 Å². The minimum absolute atomic E-state index is 0.400. The summed E-state index contributed by atoms with van der Waals surface area (Å²) >= 11 is 0. The first-order valence-corrected chi connectivity index (χ1v) is 5.63. The van der Waals surface area contributed by atoms with Gasteiger partial charge in [0.2, 0.25) is 5.91 Å². The van der Waals surface area contributed by atoms with Gasteiger partial charge in [0.05, 0.1) is 0 Å². The first-order valence-electron chi connectivity index (χ1n) is 5.63. The van der Waals surface area contributed by atoms with E-state index in [4.69, 9.17) is 0 Å². The maximum atomic E-state index is 11.9. The van der Waals surface area contributed by atoms with E-state index >= 15 is 0 Å². The number of likely N-dealkylation sites (tertiary alicyclic amines) is 1. The van der Waals surface area contributed by atoms with Gasteiger partial charge in [0, 0.05) is 19.0 Å². The van der Waals surface area contributed by atoms with Gasteiger partial charge in [-0.25, -0.2) is 0 Å². The summed E-state index contributed by atoms with van der Waals surface area (Å²) < 4.78 is 0. The average Bonchev–Trinajstić information content (AvgIpc) is 2.63. The van der Waals surface area contributed by atoms with Gasteiger partial charge in [0.15, 0.2) is 0 Å². The highest BCUT2D eigenvalue weighted by Crippen LogP contribution is 2.45. The van der Waals surface area contributed by atoms with E-state index in [0.29, 0.717) is 11.8 Å². The van der Waals surface area contributed by atoms with Crippen LogP contribution in [0.4, 0.5) is 0 Å². The number of amides is 1. The van der Waals surface area contributed by atoms with E-state index in [1.54, 1.807) is 0 Å². The van der Waals surface area contributed by atoms with Gasteiger partial charge in [0.25, 0.3) is 0 Å². The summed E-state index contributed by atoms with van der Waals surface area (Å²) in [6.07, 6.45) is 6.26. The van der Waals surface area contributed by atoms with E-state index in [-0.39, 0.29) is 0 Å². The maximum absolute atomic E-state index is 11.9. The fourth-order valence-electron chi connectivity index (χ4n) is 3.01. The van der Waals surface area contributed by atoms with Crippen molar-refractivity contribution in [3.8, 4) is 0 Å². The fourth-order valence-corrected chi connectivity index (χ4v) is 3.01. The fraction of sp³-hybridized carbons (Fsp3) is 0.909. The predicted molar refractivity (Wildman–Crippen MR) is 50.1 cm³/mol. The highest BCUT2D eigenvalue weighted by Gasteiger charge is 2.47. The van der Waals surface area contributed by atoms with Gasteiger partial charge in [-0.2, -0.15) is 0 Å². The van der Waals surface area contributed by atoms with Crippen molar-refractivity contribution in [2.45, 2.75) is 32.1 Å². The van der Waals surface area contributed by atoms with Crippen molar-refractivity contribution >= 4 is 5.91 Å². The number of fused-ring (bicyclic) bond motifs is 1. The zero-order valence-corrected chi connectivity index (χ0v) is 8.04. The molecule has 13 heavy (non-hydrogen) atoms. The van der Waals surface area contributed by atoms with Crippen LogP contribution in [0.2, 0.25) is 0 Å². The van der Waals surface area contributed by atoms with Gasteiger partial charge in [-0.3, -0.25) is 4.79 Å². The Morgan fingerprint density at radius 2 is 1.69 bits per heavy atom. The van der Waals surface area contributed by atoms with Crippen LogP contribution in [0.1, 0.15) is 32.1 Å². The molecule has 2 nitrogen and oxygen atoms in total. The predicted octanol–water partition coefficient (Wildman–Crippen LogP) is 1.65. The third-order valence-electron chi connectivity index (χ3n) is 3.99. The van der Waals surface area contributed by atoms with E-state index < -0.39 is 0 Å². The lowest BCUT2D eigenvalue weighted by atomic mass is 10.1. The SMILES string of the molecule is O=C(C1CCCC1)N1CC2CC2C1. The lowest BCUT2D eigenvalue weighted by molar-refractivity contribution is -0.134. The Balaban J connectivity index is 1.61. The van der Waals surface area contributed by atoms with Gasteiger partial charge in [-0.05, 0) is 31.1 Å². The molecule has 2 saturated carbocycles. The summed E-state index contributed by atoms with van der Waals surface area (Å²) in [5.74, 6) is 2.66. The molecule has 72 valence electrons. The first kappa shape index (κ1) is 7.84. The first-order chi connectivity index (χ1) is 6.34. The Bertz CT molecular complexity index is 222.